The molecule has 166 valence electrons. The molecule has 0 fully saturated rings. The second kappa shape index (κ2) is 10.7. The summed E-state index contributed by atoms with van der Waals surface area (Å²) in [6.07, 6.45) is 3.16. The van der Waals surface area contributed by atoms with E-state index in [0.29, 0.717) is 22.6 Å². The van der Waals surface area contributed by atoms with Crippen molar-refractivity contribution in [1.82, 2.24) is 10.4 Å². The number of carbonyl (C=O) groups excluding carboxylic acids is 1. The predicted octanol–water partition coefficient (Wildman–Crippen LogP) is 5.24. The van der Waals surface area contributed by atoms with Gasteiger partial charge in [0.1, 0.15) is 29.4 Å². The third-order valence-corrected chi connectivity index (χ3v) is 5.12. The SMILES string of the molecule is O=C(COc1cccc2cccnc12)N/N=C/c1cc(Br)ccc1OCc1ccc(F)cc1. The number of ether oxygens (including phenoxy) is 2. The predicted molar refractivity (Wildman–Crippen MR) is 128 cm³/mol. The van der Waals surface area contributed by atoms with Crippen molar-refractivity contribution in [3.8, 4) is 11.5 Å². The number of amides is 1. The Hall–Kier alpha value is -3.78. The first-order chi connectivity index (χ1) is 16.1. The van der Waals surface area contributed by atoms with Gasteiger partial charge in [0.05, 0.1) is 6.21 Å². The van der Waals surface area contributed by atoms with Crippen LogP contribution >= 0.6 is 15.9 Å². The van der Waals surface area contributed by atoms with Crippen LogP contribution in [0.3, 0.4) is 0 Å². The van der Waals surface area contributed by atoms with Crippen LogP contribution in [0.15, 0.2) is 88.6 Å². The fraction of sp³-hybridized carbons (Fsp3) is 0.0800. The van der Waals surface area contributed by atoms with E-state index >= 15 is 0 Å². The number of nitrogens with zero attached hydrogens (tertiary/aromatic N) is 2. The zero-order valence-corrected chi connectivity index (χ0v) is 19.0. The Labute approximate surface area is 198 Å². The molecule has 4 rings (SSSR count). The molecule has 0 bridgehead atoms. The number of para-hydroxylation sites is 1. The molecule has 1 amide bonds. The summed E-state index contributed by atoms with van der Waals surface area (Å²) >= 11 is 3.42. The van der Waals surface area contributed by atoms with E-state index in [4.69, 9.17) is 9.47 Å². The number of hydrogen-bond donors (Lipinski definition) is 1. The maximum atomic E-state index is 13.1. The highest BCUT2D eigenvalue weighted by atomic mass is 79.9. The highest BCUT2D eigenvalue weighted by molar-refractivity contribution is 9.10. The molecule has 1 heterocycles. The van der Waals surface area contributed by atoms with E-state index in [9.17, 15) is 9.18 Å². The van der Waals surface area contributed by atoms with E-state index in [1.54, 1.807) is 30.5 Å². The Morgan fingerprint density at radius 2 is 1.85 bits per heavy atom. The summed E-state index contributed by atoms with van der Waals surface area (Å²) in [4.78, 5) is 16.5. The van der Waals surface area contributed by atoms with Crippen molar-refractivity contribution < 1.29 is 18.7 Å². The van der Waals surface area contributed by atoms with Gasteiger partial charge < -0.3 is 9.47 Å². The lowest BCUT2D eigenvalue weighted by atomic mass is 10.2. The molecule has 6 nitrogen and oxygen atoms in total. The topological polar surface area (TPSA) is 72.8 Å². The highest BCUT2D eigenvalue weighted by Gasteiger charge is 2.07. The molecule has 0 spiro atoms. The Morgan fingerprint density at radius 1 is 1.03 bits per heavy atom. The van der Waals surface area contributed by atoms with E-state index in [2.05, 4.69) is 31.4 Å². The van der Waals surface area contributed by atoms with Crippen LogP contribution < -0.4 is 14.9 Å². The Balaban J connectivity index is 1.35. The minimum absolute atomic E-state index is 0.209. The summed E-state index contributed by atoms with van der Waals surface area (Å²) in [5, 5.41) is 4.94. The minimum Gasteiger partial charge on any atom is -0.488 e. The molecular formula is C25H19BrFN3O3. The van der Waals surface area contributed by atoms with Gasteiger partial charge >= 0.3 is 0 Å². The third-order valence-electron chi connectivity index (χ3n) is 4.63. The number of rotatable bonds is 8. The van der Waals surface area contributed by atoms with E-state index in [1.165, 1.54) is 18.3 Å². The van der Waals surface area contributed by atoms with Gasteiger partial charge in [0.15, 0.2) is 6.61 Å². The van der Waals surface area contributed by atoms with Crippen LogP contribution in [-0.2, 0) is 11.4 Å². The van der Waals surface area contributed by atoms with Gasteiger partial charge in [0, 0.05) is 21.6 Å². The number of aromatic nitrogens is 1. The third kappa shape index (κ3) is 6.14. The Bertz CT molecular complexity index is 1290. The molecule has 3 aromatic carbocycles. The maximum absolute atomic E-state index is 13.1. The number of carbonyl (C=O) groups is 1. The fourth-order valence-electron chi connectivity index (χ4n) is 3.04. The van der Waals surface area contributed by atoms with Crippen molar-refractivity contribution in [2.75, 3.05) is 6.61 Å². The number of benzene rings is 3. The molecule has 33 heavy (non-hydrogen) atoms. The smallest absolute Gasteiger partial charge is 0.277 e. The largest absolute Gasteiger partial charge is 0.488 e. The second-order valence-electron chi connectivity index (χ2n) is 7.01. The van der Waals surface area contributed by atoms with Crippen LogP contribution in [0.4, 0.5) is 4.39 Å². The zero-order valence-electron chi connectivity index (χ0n) is 17.4. The normalized spacial score (nSPS) is 11.0. The van der Waals surface area contributed by atoms with Crippen LogP contribution in [0.2, 0.25) is 0 Å². The van der Waals surface area contributed by atoms with Crippen LogP contribution in [0, 0.1) is 5.82 Å². The first-order valence-corrected chi connectivity index (χ1v) is 10.8. The molecule has 0 unspecified atom stereocenters. The number of hydrogen-bond acceptors (Lipinski definition) is 5. The Kier molecular flexibility index (Phi) is 7.26. The van der Waals surface area contributed by atoms with E-state index < -0.39 is 5.91 Å². The summed E-state index contributed by atoms with van der Waals surface area (Å²) in [6.45, 7) is 0.0570. The second-order valence-corrected chi connectivity index (χ2v) is 7.93. The molecule has 0 aliphatic heterocycles. The first kappa shape index (κ1) is 22.4. The maximum Gasteiger partial charge on any atom is 0.277 e. The van der Waals surface area contributed by atoms with Gasteiger partial charge in [-0.15, -0.1) is 0 Å². The monoisotopic (exact) mass is 507 g/mol. The lowest BCUT2D eigenvalue weighted by molar-refractivity contribution is -0.123. The van der Waals surface area contributed by atoms with Crippen molar-refractivity contribution in [2.45, 2.75) is 6.61 Å². The molecule has 0 radical (unpaired) electrons. The molecule has 8 heteroatoms. The van der Waals surface area contributed by atoms with Crippen LogP contribution in [-0.4, -0.2) is 23.7 Å². The molecule has 0 saturated heterocycles. The lowest BCUT2D eigenvalue weighted by Gasteiger charge is -2.10. The number of hydrazone groups is 1. The summed E-state index contributed by atoms with van der Waals surface area (Å²) in [7, 11) is 0. The van der Waals surface area contributed by atoms with Crippen LogP contribution in [0.25, 0.3) is 10.9 Å². The van der Waals surface area contributed by atoms with Gasteiger partial charge in [-0.2, -0.15) is 5.10 Å². The zero-order chi connectivity index (χ0) is 23.0. The number of fused-ring (bicyclic) bond motifs is 1. The average Bonchev–Trinajstić information content (AvgIpc) is 2.83. The van der Waals surface area contributed by atoms with Crippen LogP contribution in [0.1, 0.15) is 11.1 Å². The highest BCUT2D eigenvalue weighted by Crippen LogP contribution is 2.24. The summed E-state index contributed by atoms with van der Waals surface area (Å²) < 4.78 is 25.4. The molecule has 1 N–H and O–H groups in total. The Morgan fingerprint density at radius 3 is 2.70 bits per heavy atom. The van der Waals surface area contributed by atoms with Gasteiger partial charge in [-0.3, -0.25) is 9.78 Å². The van der Waals surface area contributed by atoms with Crippen molar-refractivity contribution in [3.63, 3.8) is 0 Å². The molecule has 0 aliphatic rings. The van der Waals surface area contributed by atoms with Gasteiger partial charge in [-0.25, -0.2) is 9.82 Å². The first-order valence-electron chi connectivity index (χ1n) is 10.0. The fourth-order valence-corrected chi connectivity index (χ4v) is 3.41. The van der Waals surface area contributed by atoms with Crippen molar-refractivity contribution in [3.05, 3.63) is 100 Å². The molecule has 0 saturated carbocycles. The van der Waals surface area contributed by atoms with E-state index in [1.807, 2.05) is 36.4 Å². The molecule has 4 aromatic rings. The summed E-state index contributed by atoms with van der Waals surface area (Å²) in [5.74, 6) is 0.379. The quantitative estimate of drug-likeness (QED) is 0.261. The van der Waals surface area contributed by atoms with E-state index in [-0.39, 0.29) is 19.0 Å². The van der Waals surface area contributed by atoms with E-state index in [0.717, 1.165) is 15.4 Å². The molecule has 0 aliphatic carbocycles. The molecular weight excluding hydrogens is 489 g/mol. The van der Waals surface area contributed by atoms with Gasteiger partial charge in [0.2, 0.25) is 0 Å². The van der Waals surface area contributed by atoms with Gasteiger partial charge in [-0.1, -0.05) is 46.3 Å². The van der Waals surface area contributed by atoms with Crippen molar-refractivity contribution >= 4 is 39.0 Å². The number of halogens is 2. The van der Waals surface area contributed by atoms with Crippen molar-refractivity contribution in [2.24, 2.45) is 5.10 Å². The summed E-state index contributed by atoms with van der Waals surface area (Å²) in [6, 6.07) is 20.8. The standard InChI is InChI=1S/C25H19BrFN3O3/c26-20-8-11-22(32-15-17-6-9-21(27)10-7-17)19(13-20)14-29-30-24(31)16-33-23-5-1-3-18-4-2-12-28-25(18)23/h1-14H,15-16H2,(H,30,31)/b29-14+. The molecule has 1 aromatic heterocycles. The minimum atomic E-state index is -0.414. The lowest BCUT2D eigenvalue weighted by Crippen LogP contribution is -2.24. The summed E-state index contributed by atoms with van der Waals surface area (Å²) in [5.41, 5.74) is 4.62. The number of nitrogens with one attached hydrogen (secondary N) is 1. The van der Waals surface area contributed by atoms with Crippen LogP contribution in [0.5, 0.6) is 11.5 Å². The average molecular weight is 508 g/mol. The van der Waals surface area contributed by atoms with Gasteiger partial charge in [0.25, 0.3) is 5.91 Å². The van der Waals surface area contributed by atoms with Crippen molar-refractivity contribution in [1.29, 1.82) is 0 Å². The van der Waals surface area contributed by atoms with Gasteiger partial charge in [-0.05, 0) is 48.0 Å². The molecule has 0 atom stereocenters. The number of pyridine rings is 1.